The number of aliphatic hydroxyl groups excluding tert-OH is 1. The second-order valence-corrected chi connectivity index (χ2v) is 4.38. The van der Waals surface area contributed by atoms with Gasteiger partial charge in [0.15, 0.2) is 11.5 Å². The van der Waals surface area contributed by atoms with Gasteiger partial charge in [0.1, 0.15) is 0 Å². The molecule has 0 fully saturated rings. The molecule has 96 valence electrons. The fraction of sp³-hybridized carbons (Fsp3) is 0.500. The molecule has 1 aromatic carbocycles. The van der Waals surface area contributed by atoms with Crippen LogP contribution in [0.25, 0.3) is 0 Å². The Hall–Kier alpha value is -1.46. The van der Waals surface area contributed by atoms with Crippen molar-refractivity contribution in [1.29, 1.82) is 0 Å². The van der Waals surface area contributed by atoms with Crippen molar-refractivity contribution >= 4 is 0 Å². The second kappa shape index (κ2) is 5.75. The van der Waals surface area contributed by atoms with Gasteiger partial charge in [0.05, 0.1) is 6.10 Å². The van der Waals surface area contributed by atoms with E-state index in [1.165, 1.54) is 12.1 Å². The summed E-state index contributed by atoms with van der Waals surface area (Å²) in [6, 6.07) is 2.82. The monoisotopic (exact) mass is 241 g/mol. The molecule has 0 aliphatic rings. The van der Waals surface area contributed by atoms with Crippen LogP contribution < -0.4 is 5.32 Å². The van der Waals surface area contributed by atoms with Gasteiger partial charge in [0, 0.05) is 18.7 Å². The topological polar surface area (TPSA) is 93.0 Å². The summed E-state index contributed by atoms with van der Waals surface area (Å²) in [5.41, 5.74) is 0.469. The lowest BCUT2D eigenvalue weighted by atomic mass is 10.1. The van der Waals surface area contributed by atoms with Crippen molar-refractivity contribution in [3.8, 4) is 17.2 Å². The minimum absolute atomic E-state index is 0.157. The van der Waals surface area contributed by atoms with Gasteiger partial charge in [-0.3, -0.25) is 0 Å². The van der Waals surface area contributed by atoms with Gasteiger partial charge in [-0.1, -0.05) is 19.9 Å². The molecule has 1 unspecified atom stereocenters. The Morgan fingerprint density at radius 2 is 1.76 bits per heavy atom. The number of aliphatic hydroxyl groups is 1. The fourth-order valence-electron chi connectivity index (χ4n) is 1.34. The third kappa shape index (κ3) is 3.51. The second-order valence-electron chi connectivity index (χ2n) is 4.38. The van der Waals surface area contributed by atoms with E-state index in [2.05, 4.69) is 5.32 Å². The smallest absolute Gasteiger partial charge is 0.200 e. The van der Waals surface area contributed by atoms with Gasteiger partial charge in [-0.05, 0) is 12.0 Å². The van der Waals surface area contributed by atoms with Crippen molar-refractivity contribution in [3.05, 3.63) is 17.7 Å². The molecule has 1 atom stereocenters. The Balaban J connectivity index is 2.56. The minimum Gasteiger partial charge on any atom is -0.504 e. The summed E-state index contributed by atoms with van der Waals surface area (Å²) < 4.78 is 0. The van der Waals surface area contributed by atoms with Crippen LogP contribution in [0.4, 0.5) is 0 Å². The number of phenols is 3. The first-order chi connectivity index (χ1) is 7.93. The number of rotatable bonds is 5. The van der Waals surface area contributed by atoms with Crippen LogP contribution in [0.1, 0.15) is 19.4 Å². The summed E-state index contributed by atoms with van der Waals surface area (Å²) in [5.74, 6) is -1.05. The van der Waals surface area contributed by atoms with Crippen LogP contribution in [0.5, 0.6) is 17.2 Å². The van der Waals surface area contributed by atoms with Gasteiger partial charge in [-0.2, -0.15) is 0 Å². The number of nitrogens with one attached hydrogen (secondary N) is 1. The molecule has 0 heterocycles. The predicted molar refractivity (Wildman–Crippen MR) is 64.0 cm³/mol. The first kappa shape index (κ1) is 13.6. The molecule has 0 radical (unpaired) electrons. The molecule has 0 saturated carbocycles. The lowest BCUT2D eigenvalue weighted by Crippen LogP contribution is -2.30. The molecule has 5 nitrogen and oxygen atoms in total. The van der Waals surface area contributed by atoms with E-state index >= 15 is 0 Å². The van der Waals surface area contributed by atoms with Crippen LogP contribution in [0.2, 0.25) is 0 Å². The maximum atomic E-state index is 9.56. The summed E-state index contributed by atoms with van der Waals surface area (Å²) in [4.78, 5) is 0. The minimum atomic E-state index is -0.520. The van der Waals surface area contributed by atoms with Crippen molar-refractivity contribution < 1.29 is 20.4 Å². The Bertz CT molecular complexity index is 379. The molecular formula is C12H19NO4. The number of phenolic OH excluding ortho intramolecular Hbond substituents is 3. The van der Waals surface area contributed by atoms with Gasteiger partial charge < -0.3 is 25.7 Å². The Kier molecular flexibility index (Phi) is 4.60. The zero-order valence-corrected chi connectivity index (χ0v) is 10.0. The van der Waals surface area contributed by atoms with Gasteiger partial charge in [0.25, 0.3) is 0 Å². The third-order valence-electron chi connectivity index (χ3n) is 2.65. The standard InChI is InChI=1S/C12H19NO4/c1-7(2)10(15)6-13-5-8-3-4-9(14)12(17)11(8)16/h3-4,7,10,13-17H,5-6H2,1-2H3. The molecule has 5 N–H and O–H groups in total. The largest absolute Gasteiger partial charge is 0.504 e. The quantitative estimate of drug-likeness (QED) is 0.494. The van der Waals surface area contributed by atoms with Crippen LogP contribution >= 0.6 is 0 Å². The third-order valence-corrected chi connectivity index (χ3v) is 2.65. The normalized spacial score (nSPS) is 12.9. The van der Waals surface area contributed by atoms with Crippen LogP contribution in [0, 0.1) is 5.92 Å². The van der Waals surface area contributed by atoms with Crippen molar-refractivity contribution in [1.82, 2.24) is 5.32 Å². The zero-order valence-electron chi connectivity index (χ0n) is 10.0. The molecule has 0 bridgehead atoms. The number of aromatic hydroxyl groups is 3. The highest BCUT2D eigenvalue weighted by Gasteiger charge is 2.12. The van der Waals surface area contributed by atoms with E-state index in [1.807, 2.05) is 13.8 Å². The Morgan fingerprint density at radius 3 is 2.35 bits per heavy atom. The maximum absolute atomic E-state index is 9.56. The van der Waals surface area contributed by atoms with Gasteiger partial charge >= 0.3 is 0 Å². The first-order valence-electron chi connectivity index (χ1n) is 5.55. The summed E-state index contributed by atoms with van der Waals surface area (Å²) in [6.07, 6.45) is -0.456. The molecule has 0 saturated heterocycles. The summed E-state index contributed by atoms with van der Waals surface area (Å²) in [6.45, 7) is 4.54. The van der Waals surface area contributed by atoms with Crippen LogP contribution in [0.3, 0.4) is 0 Å². The molecule has 5 heteroatoms. The van der Waals surface area contributed by atoms with Crippen molar-refractivity contribution in [3.63, 3.8) is 0 Å². The molecule has 0 aliphatic heterocycles. The average Bonchev–Trinajstić information content (AvgIpc) is 2.28. The van der Waals surface area contributed by atoms with E-state index in [0.717, 1.165) is 0 Å². The highest BCUT2D eigenvalue weighted by atomic mass is 16.3. The molecule has 0 spiro atoms. The SMILES string of the molecule is CC(C)C(O)CNCc1ccc(O)c(O)c1O. The maximum Gasteiger partial charge on any atom is 0.200 e. The molecule has 0 aromatic heterocycles. The highest BCUT2D eigenvalue weighted by Crippen LogP contribution is 2.36. The van der Waals surface area contributed by atoms with Gasteiger partial charge in [0.2, 0.25) is 5.75 Å². The lowest BCUT2D eigenvalue weighted by Gasteiger charge is -2.15. The molecule has 17 heavy (non-hydrogen) atoms. The van der Waals surface area contributed by atoms with Crippen LogP contribution in [0.15, 0.2) is 12.1 Å². The van der Waals surface area contributed by atoms with E-state index < -0.39 is 11.9 Å². The van der Waals surface area contributed by atoms with Crippen LogP contribution in [-0.2, 0) is 6.54 Å². The van der Waals surface area contributed by atoms with E-state index in [-0.39, 0.29) is 17.4 Å². The molecule has 1 aromatic rings. The molecular weight excluding hydrogens is 222 g/mol. The lowest BCUT2D eigenvalue weighted by molar-refractivity contribution is 0.123. The van der Waals surface area contributed by atoms with Crippen molar-refractivity contribution in [2.24, 2.45) is 5.92 Å². The Morgan fingerprint density at radius 1 is 1.12 bits per heavy atom. The van der Waals surface area contributed by atoms with E-state index in [9.17, 15) is 15.3 Å². The van der Waals surface area contributed by atoms with Crippen LogP contribution in [-0.4, -0.2) is 33.1 Å². The predicted octanol–water partition coefficient (Wildman–Crippen LogP) is 0.910. The number of hydrogen-bond donors (Lipinski definition) is 5. The molecule has 0 amide bonds. The van der Waals surface area contributed by atoms with E-state index in [0.29, 0.717) is 18.7 Å². The first-order valence-corrected chi connectivity index (χ1v) is 5.55. The number of benzene rings is 1. The van der Waals surface area contributed by atoms with E-state index in [4.69, 9.17) is 5.11 Å². The van der Waals surface area contributed by atoms with Gasteiger partial charge in [-0.25, -0.2) is 0 Å². The summed E-state index contributed by atoms with van der Waals surface area (Å²) in [7, 11) is 0. The fourth-order valence-corrected chi connectivity index (χ4v) is 1.34. The zero-order chi connectivity index (χ0) is 13.0. The van der Waals surface area contributed by atoms with Gasteiger partial charge in [-0.15, -0.1) is 0 Å². The van der Waals surface area contributed by atoms with E-state index in [1.54, 1.807) is 0 Å². The summed E-state index contributed by atoms with van der Waals surface area (Å²) >= 11 is 0. The molecule has 1 rings (SSSR count). The Labute approximate surface area is 100 Å². The average molecular weight is 241 g/mol. The summed E-state index contributed by atoms with van der Waals surface area (Å²) in [5, 5.41) is 40.5. The van der Waals surface area contributed by atoms with Crippen molar-refractivity contribution in [2.45, 2.75) is 26.5 Å². The van der Waals surface area contributed by atoms with Crippen molar-refractivity contribution in [2.75, 3.05) is 6.54 Å². The number of hydrogen-bond acceptors (Lipinski definition) is 5. The molecule has 0 aliphatic carbocycles. The highest BCUT2D eigenvalue weighted by molar-refractivity contribution is 5.52.